The highest BCUT2D eigenvalue weighted by Gasteiger charge is 2.33. The molecule has 0 aliphatic heterocycles. The quantitative estimate of drug-likeness (QED) is 0.705. The minimum absolute atomic E-state index is 0.00190. The molecule has 0 atom stereocenters. The van der Waals surface area contributed by atoms with E-state index in [9.17, 15) is 14.7 Å². The zero-order valence-corrected chi connectivity index (χ0v) is 9.95. The van der Waals surface area contributed by atoms with Gasteiger partial charge >= 0.3 is 0 Å². The maximum Gasteiger partial charge on any atom is 0.241 e. The summed E-state index contributed by atoms with van der Waals surface area (Å²) in [5.74, 6) is -0.397. The molecule has 5 heteroatoms. The van der Waals surface area contributed by atoms with Gasteiger partial charge in [-0.3, -0.25) is 9.59 Å². The zero-order valence-electron chi connectivity index (χ0n) is 9.95. The van der Waals surface area contributed by atoms with Crippen molar-refractivity contribution in [3.05, 3.63) is 0 Å². The molecule has 1 saturated carbocycles. The molecule has 0 aromatic carbocycles. The van der Waals surface area contributed by atoms with Gasteiger partial charge in [-0.25, -0.2) is 0 Å². The topological polar surface area (TPSA) is 69.6 Å². The summed E-state index contributed by atoms with van der Waals surface area (Å²) in [5.41, 5.74) is -0.842. The van der Waals surface area contributed by atoms with E-state index in [0.29, 0.717) is 12.8 Å². The zero-order chi connectivity index (χ0) is 12.2. The van der Waals surface area contributed by atoms with Gasteiger partial charge in [0.2, 0.25) is 11.8 Å². The van der Waals surface area contributed by atoms with Crippen LogP contribution in [0.1, 0.15) is 32.1 Å². The first kappa shape index (κ1) is 13.0. The van der Waals surface area contributed by atoms with Crippen molar-refractivity contribution in [1.29, 1.82) is 0 Å². The highest BCUT2D eigenvalue weighted by Crippen LogP contribution is 2.31. The van der Waals surface area contributed by atoms with Gasteiger partial charge in [0.1, 0.15) is 0 Å². The van der Waals surface area contributed by atoms with Crippen molar-refractivity contribution < 1.29 is 14.7 Å². The van der Waals surface area contributed by atoms with Gasteiger partial charge in [-0.15, -0.1) is 0 Å². The number of nitrogens with one attached hydrogen (secondary N) is 1. The molecule has 1 aliphatic rings. The highest BCUT2D eigenvalue weighted by atomic mass is 16.3. The van der Waals surface area contributed by atoms with E-state index >= 15 is 0 Å². The average Bonchev–Trinajstić information content (AvgIpc) is 2.60. The van der Waals surface area contributed by atoms with Gasteiger partial charge in [0.25, 0.3) is 0 Å². The molecule has 1 fully saturated rings. The average molecular weight is 228 g/mol. The van der Waals surface area contributed by atoms with Crippen molar-refractivity contribution in [1.82, 2.24) is 10.2 Å². The van der Waals surface area contributed by atoms with Crippen LogP contribution in [0.5, 0.6) is 0 Å². The molecular formula is C11H20N2O3. The van der Waals surface area contributed by atoms with E-state index in [1.807, 2.05) is 0 Å². The summed E-state index contributed by atoms with van der Waals surface area (Å²) in [6, 6.07) is 0. The first-order valence-corrected chi connectivity index (χ1v) is 5.62. The summed E-state index contributed by atoms with van der Waals surface area (Å²) in [6.07, 6.45) is 3.42. The third-order valence-corrected chi connectivity index (χ3v) is 2.96. The van der Waals surface area contributed by atoms with Gasteiger partial charge in [0, 0.05) is 14.1 Å². The Kier molecular flexibility index (Phi) is 4.29. The molecule has 0 aromatic rings. The van der Waals surface area contributed by atoms with Crippen LogP contribution in [0.25, 0.3) is 0 Å². The van der Waals surface area contributed by atoms with E-state index in [1.165, 1.54) is 4.90 Å². The summed E-state index contributed by atoms with van der Waals surface area (Å²) >= 11 is 0. The molecule has 0 aromatic heterocycles. The predicted octanol–water partition coefficient (Wildman–Crippen LogP) is -0.114. The van der Waals surface area contributed by atoms with Gasteiger partial charge < -0.3 is 15.3 Å². The Morgan fingerprint density at radius 1 is 1.31 bits per heavy atom. The van der Waals surface area contributed by atoms with Crippen molar-refractivity contribution >= 4 is 11.8 Å². The van der Waals surface area contributed by atoms with Crippen molar-refractivity contribution in [2.24, 2.45) is 0 Å². The molecule has 16 heavy (non-hydrogen) atoms. The van der Waals surface area contributed by atoms with Gasteiger partial charge in [0.05, 0.1) is 18.6 Å². The second-order valence-electron chi connectivity index (χ2n) is 4.67. The Morgan fingerprint density at radius 2 is 1.88 bits per heavy atom. The monoisotopic (exact) mass is 228 g/mol. The standard InChI is InChI=1S/C11H20N2O3/c1-13(2)10(15)8-12-9(14)7-11(16)5-3-4-6-11/h16H,3-8H2,1-2H3,(H,12,14). The fourth-order valence-electron chi connectivity index (χ4n) is 1.90. The van der Waals surface area contributed by atoms with Gasteiger partial charge in [0.15, 0.2) is 0 Å². The van der Waals surface area contributed by atoms with E-state index in [4.69, 9.17) is 0 Å². The number of hydrogen-bond acceptors (Lipinski definition) is 3. The maximum absolute atomic E-state index is 11.5. The second-order valence-corrected chi connectivity index (χ2v) is 4.67. The van der Waals surface area contributed by atoms with Crippen LogP contribution in [0.2, 0.25) is 0 Å². The molecule has 1 rings (SSSR count). The molecular weight excluding hydrogens is 208 g/mol. The second kappa shape index (κ2) is 5.30. The highest BCUT2D eigenvalue weighted by molar-refractivity contribution is 5.84. The minimum atomic E-state index is -0.842. The largest absolute Gasteiger partial charge is 0.389 e. The summed E-state index contributed by atoms with van der Waals surface area (Å²) in [5, 5.41) is 12.5. The molecule has 0 radical (unpaired) electrons. The summed E-state index contributed by atoms with van der Waals surface area (Å²) < 4.78 is 0. The number of rotatable bonds is 4. The number of likely N-dealkylation sites (N-methyl/N-ethyl adjacent to an activating group) is 1. The Balaban J connectivity index is 2.28. The molecule has 0 spiro atoms. The van der Waals surface area contributed by atoms with Crippen LogP contribution in [0.4, 0.5) is 0 Å². The van der Waals surface area contributed by atoms with E-state index < -0.39 is 5.60 Å². The summed E-state index contributed by atoms with van der Waals surface area (Å²) in [7, 11) is 3.28. The fraction of sp³-hybridized carbons (Fsp3) is 0.818. The first-order valence-electron chi connectivity index (χ1n) is 5.62. The minimum Gasteiger partial charge on any atom is -0.389 e. The number of nitrogens with zero attached hydrogens (tertiary/aromatic N) is 1. The summed E-state index contributed by atoms with van der Waals surface area (Å²) in [6.45, 7) is 0.00190. The maximum atomic E-state index is 11.5. The van der Waals surface area contributed by atoms with E-state index in [0.717, 1.165) is 12.8 Å². The Hall–Kier alpha value is -1.10. The van der Waals surface area contributed by atoms with Crippen molar-refractivity contribution in [3.8, 4) is 0 Å². The van der Waals surface area contributed by atoms with Crippen LogP contribution in [-0.4, -0.2) is 48.1 Å². The number of amides is 2. The van der Waals surface area contributed by atoms with Crippen LogP contribution in [0.15, 0.2) is 0 Å². The number of hydrogen-bond donors (Lipinski definition) is 2. The first-order chi connectivity index (χ1) is 7.43. The van der Waals surface area contributed by atoms with E-state index in [1.54, 1.807) is 14.1 Å². The lowest BCUT2D eigenvalue weighted by molar-refractivity contribution is -0.132. The molecule has 0 saturated heterocycles. The number of carbonyl (C=O) groups is 2. The molecule has 0 heterocycles. The van der Waals surface area contributed by atoms with Crippen molar-refractivity contribution in [2.75, 3.05) is 20.6 Å². The van der Waals surface area contributed by atoms with E-state index in [-0.39, 0.29) is 24.8 Å². The molecule has 5 nitrogen and oxygen atoms in total. The Morgan fingerprint density at radius 3 is 2.38 bits per heavy atom. The van der Waals surface area contributed by atoms with Crippen molar-refractivity contribution in [2.45, 2.75) is 37.7 Å². The SMILES string of the molecule is CN(C)C(=O)CNC(=O)CC1(O)CCCC1. The molecule has 0 unspecified atom stereocenters. The predicted molar refractivity (Wildman–Crippen MR) is 59.7 cm³/mol. The lowest BCUT2D eigenvalue weighted by Crippen LogP contribution is -2.39. The smallest absolute Gasteiger partial charge is 0.241 e. The molecule has 2 amide bonds. The summed E-state index contributed by atoms with van der Waals surface area (Å²) in [4.78, 5) is 24.1. The van der Waals surface area contributed by atoms with Crippen LogP contribution >= 0.6 is 0 Å². The van der Waals surface area contributed by atoms with Crippen LogP contribution in [0, 0.1) is 0 Å². The Labute approximate surface area is 95.8 Å². The van der Waals surface area contributed by atoms with Gasteiger partial charge in [-0.2, -0.15) is 0 Å². The lowest BCUT2D eigenvalue weighted by Gasteiger charge is -2.21. The lowest BCUT2D eigenvalue weighted by atomic mass is 9.98. The van der Waals surface area contributed by atoms with Crippen LogP contribution in [0.3, 0.4) is 0 Å². The molecule has 0 bridgehead atoms. The number of carbonyl (C=O) groups excluding carboxylic acids is 2. The van der Waals surface area contributed by atoms with Crippen molar-refractivity contribution in [3.63, 3.8) is 0 Å². The molecule has 1 aliphatic carbocycles. The number of aliphatic hydroxyl groups is 1. The van der Waals surface area contributed by atoms with Gasteiger partial charge in [-0.05, 0) is 12.8 Å². The van der Waals surface area contributed by atoms with Gasteiger partial charge in [-0.1, -0.05) is 12.8 Å². The third-order valence-electron chi connectivity index (χ3n) is 2.96. The molecule has 2 N–H and O–H groups in total. The van der Waals surface area contributed by atoms with Crippen LogP contribution < -0.4 is 5.32 Å². The van der Waals surface area contributed by atoms with E-state index in [2.05, 4.69) is 5.32 Å². The molecule has 92 valence electrons. The third kappa shape index (κ3) is 3.81. The normalized spacial score (nSPS) is 18.2. The Bertz CT molecular complexity index is 270. The fourth-order valence-corrected chi connectivity index (χ4v) is 1.90. The van der Waals surface area contributed by atoms with Crippen LogP contribution in [-0.2, 0) is 9.59 Å².